The second-order valence-corrected chi connectivity index (χ2v) is 6.51. The summed E-state index contributed by atoms with van der Waals surface area (Å²) >= 11 is 0. The van der Waals surface area contributed by atoms with E-state index in [4.69, 9.17) is 10.3 Å². The third kappa shape index (κ3) is 2.23. The van der Waals surface area contributed by atoms with Crippen LogP contribution in [0.4, 0.5) is 10.2 Å². The number of nitrogens with zero attached hydrogens (tertiary/aromatic N) is 1. The number of aromatic nitrogens is 1. The van der Waals surface area contributed by atoms with Crippen LogP contribution in [0.2, 0.25) is 0 Å². The Morgan fingerprint density at radius 1 is 1.19 bits per heavy atom. The molecule has 2 aliphatic rings. The second kappa shape index (κ2) is 4.86. The zero-order chi connectivity index (χ0) is 14.4. The molecular formula is C17H19FN2O. The Bertz CT molecular complexity index is 649. The average Bonchev–Trinajstić information content (AvgIpc) is 3.17. The van der Waals surface area contributed by atoms with Gasteiger partial charge in [0, 0.05) is 6.42 Å². The number of benzene rings is 1. The van der Waals surface area contributed by atoms with Crippen molar-refractivity contribution in [2.45, 2.75) is 32.1 Å². The Morgan fingerprint density at radius 3 is 2.67 bits per heavy atom. The minimum absolute atomic E-state index is 0.247. The van der Waals surface area contributed by atoms with Gasteiger partial charge in [-0.15, -0.1) is 0 Å². The summed E-state index contributed by atoms with van der Waals surface area (Å²) in [5, 5.41) is 3.93. The molecule has 0 saturated heterocycles. The molecule has 3 nitrogen and oxygen atoms in total. The Balaban J connectivity index is 1.63. The van der Waals surface area contributed by atoms with E-state index in [0.717, 1.165) is 35.1 Å². The molecule has 2 fully saturated rings. The van der Waals surface area contributed by atoms with E-state index in [0.29, 0.717) is 11.7 Å². The fraction of sp³-hybridized carbons (Fsp3) is 0.471. The van der Waals surface area contributed by atoms with Crippen LogP contribution in [0.3, 0.4) is 0 Å². The lowest BCUT2D eigenvalue weighted by Crippen LogP contribution is -2.13. The molecule has 1 aromatic heterocycles. The molecule has 2 saturated carbocycles. The first-order valence-corrected chi connectivity index (χ1v) is 7.70. The summed E-state index contributed by atoms with van der Waals surface area (Å²) in [5.41, 5.74) is 7.69. The van der Waals surface area contributed by atoms with Crippen molar-refractivity contribution in [2.75, 3.05) is 5.73 Å². The maximum Gasteiger partial charge on any atom is 0.175 e. The Morgan fingerprint density at radius 2 is 2.00 bits per heavy atom. The van der Waals surface area contributed by atoms with Crippen LogP contribution in [0, 0.1) is 23.6 Å². The minimum Gasteiger partial charge on any atom is -0.380 e. The number of hydrogen-bond donors (Lipinski definition) is 1. The highest BCUT2D eigenvalue weighted by atomic mass is 19.1. The monoisotopic (exact) mass is 286 g/mol. The van der Waals surface area contributed by atoms with E-state index in [9.17, 15) is 4.39 Å². The summed E-state index contributed by atoms with van der Waals surface area (Å²) in [5.74, 6) is 3.45. The molecule has 3 unspecified atom stereocenters. The molecule has 110 valence electrons. The van der Waals surface area contributed by atoms with Gasteiger partial charge in [-0.2, -0.15) is 0 Å². The number of nitrogen functional groups attached to an aromatic ring is 1. The van der Waals surface area contributed by atoms with Gasteiger partial charge in [0.05, 0.1) is 5.56 Å². The molecule has 0 amide bonds. The smallest absolute Gasteiger partial charge is 0.175 e. The van der Waals surface area contributed by atoms with Gasteiger partial charge in [-0.05, 0) is 54.7 Å². The van der Waals surface area contributed by atoms with Gasteiger partial charge in [0.1, 0.15) is 11.6 Å². The first-order valence-electron chi connectivity index (χ1n) is 7.70. The van der Waals surface area contributed by atoms with Crippen molar-refractivity contribution >= 4 is 5.82 Å². The minimum atomic E-state index is -0.247. The molecule has 4 heteroatoms. The predicted octanol–water partition coefficient (Wildman–Crippen LogP) is 4.04. The van der Waals surface area contributed by atoms with Gasteiger partial charge < -0.3 is 10.3 Å². The van der Waals surface area contributed by atoms with Gasteiger partial charge in [0.2, 0.25) is 0 Å². The first kappa shape index (κ1) is 12.9. The molecule has 0 aliphatic heterocycles. The van der Waals surface area contributed by atoms with Gasteiger partial charge in [0.25, 0.3) is 0 Å². The van der Waals surface area contributed by atoms with Crippen molar-refractivity contribution in [2.24, 2.45) is 17.8 Å². The van der Waals surface area contributed by atoms with Crippen LogP contribution in [0.1, 0.15) is 31.4 Å². The van der Waals surface area contributed by atoms with Crippen LogP contribution in [0.15, 0.2) is 28.8 Å². The zero-order valence-corrected chi connectivity index (χ0v) is 11.9. The fourth-order valence-corrected chi connectivity index (χ4v) is 4.27. The highest BCUT2D eigenvalue weighted by Crippen LogP contribution is 2.50. The summed E-state index contributed by atoms with van der Waals surface area (Å²) in [6.45, 7) is 0. The maximum atomic E-state index is 13.1. The second-order valence-electron chi connectivity index (χ2n) is 6.51. The van der Waals surface area contributed by atoms with Crippen molar-refractivity contribution in [1.29, 1.82) is 0 Å². The van der Waals surface area contributed by atoms with E-state index in [-0.39, 0.29) is 5.82 Å². The number of rotatable bonds is 3. The Kier molecular flexibility index (Phi) is 2.98. The molecule has 0 radical (unpaired) electrons. The van der Waals surface area contributed by atoms with Crippen LogP contribution >= 0.6 is 0 Å². The van der Waals surface area contributed by atoms with E-state index in [1.807, 2.05) is 0 Å². The van der Waals surface area contributed by atoms with Crippen LogP contribution in [-0.4, -0.2) is 5.16 Å². The zero-order valence-electron chi connectivity index (χ0n) is 11.9. The SMILES string of the molecule is Nc1noc(CC2CC3CCC2C3)c1-c1ccc(F)cc1. The largest absolute Gasteiger partial charge is 0.380 e. The lowest BCUT2D eigenvalue weighted by atomic mass is 9.85. The van der Waals surface area contributed by atoms with Gasteiger partial charge in [0.15, 0.2) is 5.82 Å². The molecular weight excluding hydrogens is 267 g/mol. The molecule has 2 aromatic rings. The van der Waals surface area contributed by atoms with Crippen LogP contribution in [-0.2, 0) is 6.42 Å². The van der Waals surface area contributed by atoms with Crippen molar-refractivity contribution in [3.05, 3.63) is 35.8 Å². The standard InChI is InChI=1S/C17H19FN2O/c18-14-5-3-11(4-6-14)16-15(21-20-17(16)19)9-13-8-10-1-2-12(13)7-10/h3-6,10,12-13H,1-2,7-9H2,(H2,19,20). The first-order chi connectivity index (χ1) is 10.2. The van der Waals surface area contributed by atoms with Gasteiger partial charge >= 0.3 is 0 Å². The quantitative estimate of drug-likeness (QED) is 0.926. The van der Waals surface area contributed by atoms with E-state index >= 15 is 0 Å². The van der Waals surface area contributed by atoms with Gasteiger partial charge in [-0.25, -0.2) is 4.39 Å². The Labute approximate surface area is 123 Å². The van der Waals surface area contributed by atoms with Gasteiger partial charge in [-0.1, -0.05) is 23.7 Å². The van der Waals surface area contributed by atoms with Crippen LogP contribution in [0.5, 0.6) is 0 Å². The molecule has 21 heavy (non-hydrogen) atoms. The third-order valence-corrected chi connectivity index (χ3v) is 5.25. The van der Waals surface area contributed by atoms with E-state index in [2.05, 4.69) is 5.16 Å². The lowest BCUT2D eigenvalue weighted by Gasteiger charge is -2.20. The molecule has 0 spiro atoms. The highest BCUT2D eigenvalue weighted by Gasteiger charge is 2.40. The van der Waals surface area contributed by atoms with Crippen molar-refractivity contribution in [3.63, 3.8) is 0 Å². The Hall–Kier alpha value is -1.84. The fourth-order valence-electron chi connectivity index (χ4n) is 4.27. The molecule has 1 aromatic carbocycles. The number of halogens is 1. The summed E-state index contributed by atoms with van der Waals surface area (Å²) in [4.78, 5) is 0. The summed E-state index contributed by atoms with van der Waals surface area (Å²) in [6, 6.07) is 6.37. The van der Waals surface area contributed by atoms with Crippen molar-refractivity contribution < 1.29 is 8.91 Å². The topological polar surface area (TPSA) is 52.0 Å². The normalized spacial score (nSPS) is 27.4. The lowest BCUT2D eigenvalue weighted by molar-refractivity contribution is 0.294. The van der Waals surface area contributed by atoms with Crippen molar-refractivity contribution in [3.8, 4) is 11.1 Å². The maximum absolute atomic E-state index is 13.1. The number of nitrogens with two attached hydrogens (primary N) is 1. The van der Waals surface area contributed by atoms with E-state index in [1.54, 1.807) is 12.1 Å². The highest BCUT2D eigenvalue weighted by molar-refractivity contribution is 5.75. The summed E-state index contributed by atoms with van der Waals surface area (Å²) < 4.78 is 18.6. The molecule has 1 heterocycles. The molecule has 2 bridgehead atoms. The average molecular weight is 286 g/mol. The van der Waals surface area contributed by atoms with E-state index < -0.39 is 0 Å². The van der Waals surface area contributed by atoms with Gasteiger partial charge in [-0.3, -0.25) is 0 Å². The van der Waals surface area contributed by atoms with E-state index in [1.165, 1.54) is 37.8 Å². The van der Waals surface area contributed by atoms with Crippen LogP contribution < -0.4 is 5.73 Å². The number of anilines is 1. The molecule has 2 N–H and O–H groups in total. The molecule has 3 atom stereocenters. The number of fused-ring (bicyclic) bond motifs is 2. The predicted molar refractivity (Wildman–Crippen MR) is 79.0 cm³/mol. The number of hydrogen-bond acceptors (Lipinski definition) is 3. The summed E-state index contributed by atoms with van der Waals surface area (Å²) in [6.07, 6.45) is 6.32. The summed E-state index contributed by atoms with van der Waals surface area (Å²) in [7, 11) is 0. The van der Waals surface area contributed by atoms with Crippen molar-refractivity contribution in [1.82, 2.24) is 5.16 Å². The molecule has 4 rings (SSSR count). The third-order valence-electron chi connectivity index (χ3n) is 5.25. The van der Waals surface area contributed by atoms with Crippen LogP contribution in [0.25, 0.3) is 11.1 Å². The molecule has 2 aliphatic carbocycles.